The zero-order chi connectivity index (χ0) is 17.8. The molecular weight excluding hydrogens is 324 g/mol. The van der Waals surface area contributed by atoms with Crippen molar-refractivity contribution in [2.75, 3.05) is 33.4 Å². The molecule has 3 rings (SSSR count). The van der Waals surface area contributed by atoms with E-state index in [2.05, 4.69) is 10.3 Å². The monoisotopic (exact) mass is 344 g/mol. The Morgan fingerprint density at radius 2 is 2.24 bits per heavy atom. The van der Waals surface area contributed by atoms with E-state index in [9.17, 15) is 5.11 Å². The Morgan fingerprint density at radius 3 is 2.92 bits per heavy atom. The number of ether oxygens (including phenoxy) is 3. The van der Waals surface area contributed by atoms with E-state index in [4.69, 9.17) is 25.0 Å². The maximum absolute atomic E-state index is 9.93. The van der Waals surface area contributed by atoms with Crippen LogP contribution in [0, 0.1) is 10.8 Å². The lowest BCUT2D eigenvalue weighted by atomic mass is 10.1. The summed E-state index contributed by atoms with van der Waals surface area (Å²) in [7, 11) is 1.47. The van der Waals surface area contributed by atoms with Gasteiger partial charge >= 0.3 is 0 Å². The first-order valence-corrected chi connectivity index (χ1v) is 7.89. The highest BCUT2D eigenvalue weighted by Gasteiger charge is 2.23. The van der Waals surface area contributed by atoms with Gasteiger partial charge < -0.3 is 24.6 Å². The number of aromatic hydroxyl groups is 1. The van der Waals surface area contributed by atoms with Crippen molar-refractivity contribution in [3.05, 3.63) is 29.8 Å². The van der Waals surface area contributed by atoms with Crippen molar-refractivity contribution in [2.45, 2.75) is 6.10 Å². The van der Waals surface area contributed by atoms with Gasteiger partial charge in [-0.3, -0.25) is 10.8 Å². The third-order valence-electron chi connectivity index (χ3n) is 3.87. The smallest absolute Gasteiger partial charge is 0.242 e. The number of allylic oxidation sites excluding steroid dienone is 1. The minimum Gasteiger partial charge on any atom is -0.504 e. The number of phenolic OH excluding ortho intramolecular Hbond substituents is 1. The van der Waals surface area contributed by atoms with Crippen LogP contribution in [0.3, 0.4) is 0 Å². The van der Waals surface area contributed by atoms with Crippen molar-refractivity contribution in [3.8, 4) is 11.5 Å². The Hall–Kier alpha value is -2.71. The van der Waals surface area contributed by atoms with E-state index in [1.165, 1.54) is 19.3 Å². The Bertz CT molecular complexity index is 751. The van der Waals surface area contributed by atoms with Gasteiger partial charge in [0.2, 0.25) is 5.90 Å². The van der Waals surface area contributed by atoms with Gasteiger partial charge in [0.25, 0.3) is 0 Å². The summed E-state index contributed by atoms with van der Waals surface area (Å²) in [5, 5.41) is 29.1. The number of phenols is 1. The molecule has 0 aromatic heterocycles. The van der Waals surface area contributed by atoms with Gasteiger partial charge in [0.15, 0.2) is 11.5 Å². The molecule has 1 fully saturated rings. The molecule has 0 aliphatic carbocycles. The minimum atomic E-state index is -0.113. The first kappa shape index (κ1) is 17.1. The van der Waals surface area contributed by atoms with Crippen molar-refractivity contribution in [1.29, 1.82) is 10.8 Å². The summed E-state index contributed by atoms with van der Waals surface area (Å²) in [6.45, 7) is 2.35. The largest absolute Gasteiger partial charge is 0.504 e. The summed E-state index contributed by atoms with van der Waals surface area (Å²) in [5.41, 5.74) is 0.965. The van der Waals surface area contributed by atoms with Crippen LogP contribution in [0.15, 0.2) is 29.3 Å². The summed E-state index contributed by atoms with van der Waals surface area (Å²) >= 11 is 0. The van der Waals surface area contributed by atoms with E-state index < -0.39 is 0 Å². The number of hydrogen-bond donors (Lipinski definition) is 4. The molecular formula is C17H20N4O4. The van der Waals surface area contributed by atoms with Crippen LogP contribution in [0.4, 0.5) is 0 Å². The summed E-state index contributed by atoms with van der Waals surface area (Å²) in [5.74, 6) is 0.407. The van der Waals surface area contributed by atoms with Crippen LogP contribution in [0.1, 0.15) is 5.56 Å². The molecule has 2 heterocycles. The molecule has 0 unspecified atom stereocenters. The molecule has 132 valence electrons. The van der Waals surface area contributed by atoms with Gasteiger partial charge in [0.1, 0.15) is 18.4 Å². The Balaban J connectivity index is 1.78. The summed E-state index contributed by atoms with van der Waals surface area (Å²) < 4.78 is 16.2. The quantitative estimate of drug-likeness (QED) is 0.654. The fourth-order valence-corrected chi connectivity index (χ4v) is 2.52. The maximum Gasteiger partial charge on any atom is 0.242 e. The van der Waals surface area contributed by atoms with Crippen LogP contribution in [-0.2, 0) is 9.47 Å². The zero-order valence-corrected chi connectivity index (χ0v) is 13.8. The third kappa shape index (κ3) is 3.86. The second-order valence-electron chi connectivity index (χ2n) is 5.63. The number of nitrogens with zero attached hydrogens (tertiary/aromatic N) is 1. The summed E-state index contributed by atoms with van der Waals surface area (Å²) in [4.78, 5) is 4.33. The third-order valence-corrected chi connectivity index (χ3v) is 3.87. The van der Waals surface area contributed by atoms with Gasteiger partial charge in [-0.2, -0.15) is 0 Å². The number of methoxy groups -OCH3 is 1. The summed E-state index contributed by atoms with van der Waals surface area (Å²) in [6, 6.07) is 4.84. The van der Waals surface area contributed by atoms with Gasteiger partial charge in [-0.1, -0.05) is 0 Å². The molecule has 1 aromatic carbocycles. The van der Waals surface area contributed by atoms with Crippen LogP contribution < -0.4 is 10.1 Å². The van der Waals surface area contributed by atoms with Gasteiger partial charge in [-0.25, -0.2) is 4.99 Å². The molecule has 0 bridgehead atoms. The van der Waals surface area contributed by atoms with Crippen LogP contribution >= 0.6 is 0 Å². The molecule has 25 heavy (non-hydrogen) atoms. The molecule has 1 saturated heterocycles. The van der Waals surface area contributed by atoms with Crippen molar-refractivity contribution < 1.29 is 19.3 Å². The highest BCUT2D eigenvalue weighted by atomic mass is 16.5. The Kier molecular flexibility index (Phi) is 5.11. The van der Waals surface area contributed by atoms with Gasteiger partial charge in [-0.05, 0) is 24.3 Å². The van der Waals surface area contributed by atoms with E-state index >= 15 is 0 Å². The topological polar surface area (TPSA) is 120 Å². The van der Waals surface area contributed by atoms with Crippen molar-refractivity contribution in [2.24, 2.45) is 4.99 Å². The highest BCUT2D eigenvalue weighted by Crippen LogP contribution is 2.30. The predicted molar refractivity (Wildman–Crippen MR) is 94.1 cm³/mol. The van der Waals surface area contributed by atoms with Crippen LogP contribution in [0.25, 0.3) is 5.70 Å². The van der Waals surface area contributed by atoms with Crippen LogP contribution in [0.5, 0.6) is 11.5 Å². The summed E-state index contributed by atoms with van der Waals surface area (Å²) in [6.07, 6.45) is 1.35. The molecule has 0 spiro atoms. The van der Waals surface area contributed by atoms with Crippen LogP contribution in [-0.4, -0.2) is 61.9 Å². The van der Waals surface area contributed by atoms with Gasteiger partial charge in [-0.15, -0.1) is 0 Å². The number of morpholine rings is 1. The maximum atomic E-state index is 9.93. The number of nitrogens with one attached hydrogen (secondary N) is 3. The molecule has 4 N–H and O–H groups in total. The number of rotatable bonds is 4. The van der Waals surface area contributed by atoms with Gasteiger partial charge in [0.05, 0.1) is 25.1 Å². The van der Waals surface area contributed by atoms with E-state index in [-0.39, 0.29) is 35.8 Å². The standard InChI is InChI=1S/C17H20N4O4/c1-23-15-3-2-10(6-14(15)22)13-7-12(18)16(19)17(21-13)25-9-11-8-20-4-5-24-11/h2-3,6-7,11,18-20,22H,4-5,8-9H2,1H3/t11-/m0/s1. The average molecular weight is 344 g/mol. The highest BCUT2D eigenvalue weighted by molar-refractivity contribution is 6.69. The minimum absolute atomic E-state index is 0.00186. The van der Waals surface area contributed by atoms with Crippen molar-refractivity contribution >= 4 is 23.0 Å². The van der Waals surface area contributed by atoms with E-state index in [0.29, 0.717) is 30.2 Å². The normalized spacial score (nSPS) is 20.8. The second kappa shape index (κ2) is 7.45. The molecule has 0 saturated carbocycles. The zero-order valence-electron chi connectivity index (χ0n) is 13.8. The number of benzene rings is 1. The molecule has 2 aliphatic heterocycles. The second-order valence-corrected chi connectivity index (χ2v) is 5.63. The molecule has 1 aromatic rings. The molecule has 0 radical (unpaired) electrons. The average Bonchev–Trinajstić information content (AvgIpc) is 2.63. The first-order chi connectivity index (χ1) is 12.1. The Morgan fingerprint density at radius 1 is 1.40 bits per heavy atom. The molecule has 2 aliphatic rings. The lowest BCUT2D eigenvalue weighted by Gasteiger charge is -2.24. The Labute approximate surface area is 145 Å². The fraction of sp³-hybridized carbons (Fsp3) is 0.353. The van der Waals surface area contributed by atoms with Crippen molar-refractivity contribution in [3.63, 3.8) is 0 Å². The van der Waals surface area contributed by atoms with E-state index in [1.54, 1.807) is 12.1 Å². The molecule has 0 amide bonds. The fourth-order valence-electron chi connectivity index (χ4n) is 2.52. The number of aliphatic imine (C=N–C) groups is 1. The lowest BCUT2D eigenvalue weighted by Crippen LogP contribution is -2.42. The van der Waals surface area contributed by atoms with Crippen molar-refractivity contribution in [1.82, 2.24) is 5.32 Å². The molecule has 8 heteroatoms. The van der Waals surface area contributed by atoms with Gasteiger partial charge in [0, 0.05) is 18.7 Å². The van der Waals surface area contributed by atoms with E-state index in [0.717, 1.165) is 6.54 Å². The number of hydrogen-bond acceptors (Lipinski definition) is 8. The van der Waals surface area contributed by atoms with E-state index in [1.807, 2.05) is 0 Å². The predicted octanol–water partition coefficient (Wildman–Crippen LogP) is 1.20. The van der Waals surface area contributed by atoms with Crippen LogP contribution in [0.2, 0.25) is 0 Å². The SMILES string of the molecule is COc1ccc(C2=CC(=N)C(=N)C(OC[C@@H]3CNCCO3)=N2)cc1O. The first-order valence-electron chi connectivity index (χ1n) is 7.89. The lowest BCUT2D eigenvalue weighted by molar-refractivity contribution is -0.00200. The molecule has 1 atom stereocenters. The molecule has 8 nitrogen and oxygen atoms in total.